The molecule has 5 rings (SSSR count). The molecule has 1 aromatic rings. The zero-order chi connectivity index (χ0) is 13.6. The van der Waals surface area contributed by atoms with Crippen molar-refractivity contribution in [1.82, 2.24) is 0 Å². The van der Waals surface area contributed by atoms with E-state index in [1.807, 2.05) is 0 Å². The van der Waals surface area contributed by atoms with Gasteiger partial charge in [-0.1, -0.05) is 30.3 Å². The van der Waals surface area contributed by atoms with Crippen molar-refractivity contribution < 1.29 is 0 Å². The Hall–Kier alpha value is -1.11. The molecule has 0 heterocycles. The Kier molecular flexibility index (Phi) is 2.98. The molecule has 0 N–H and O–H groups in total. The highest BCUT2D eigenvalue weighted by atomic mass is 14.8. The molecule has 1 heteroatoms. The summed E-state index contributed by atoms with van der Waals surface area (Å²) in [6.07, 6.45) is 11.2. The third-order valence-corrected chi connectivity index (χ3v) is 5.94. The Morgan fingerprint density at radius 3 is 2.10 bits per heavy atom. The second kappa shape index (κ2) is 4.72. The van der Waals surface area contributed by atoms with Crippen LogP contribution in [0.2, 0.25) is 0 Å². The van der Waals surface area contributed by atoms with Gasteiger partial charge in [0.25, 0.3) is 0 Å². The molecule has 0 unspecified atom stereocenters. The molecule has 1 atom stereocenters. The molecule has 0 saturated heterocycles. The summed E-state index contributed by atoms with van der Waals surface area (Å²) >= 11 is 0. The zero-order valence-corrected chi connectivity index (χ0v) is 12.5. The topological polar surface area (TPSA) is 12.4 Å². The van der Waals surface area contributed by atoms with Crippen molar-refractivity contribution >= 4 is 6.21 Å². The van der Waals surface area contributed by atoms with Gasteiger partial charge in [-0.15, -0.1) is 0 Å². The van der Waals surface area contributed by atoms with Crippen LogP contribution in [0.1, 0.15) is 57.1 Å². The first-order chi connectivity index (χ1) is 9.72. The number of benzene rings is 1. The Labute approximate surface area is 122 Å². The quantitative estimate of drug-likeness (QED) is 0.681. The van der Waals surface area contributed by atoms with Crippen LogP contribution in [0.4, 0.5) is 0 Å². The summed E-state index contributed by atoms with van der Waals surface area (Å²) in [6, 6.07) is 11.0. The van der Waals surface area contributed by atoms with Crippen molar-refractivity contribution in [3.63, 3.8) is 0 Å². The van der Waals surface area contributed by atoms with Crippen molar-refractivity contribution in [3.8, 4) is 0 Å². The third kappa shape index (κ3) is 2.21. The van der Waals surface area contributed by atoms with Gasteiger partial charge in [-0.2, -0.15) is 0 Å². The number of aliphatic imine (C=N–C) groups is 1. The SMILES string of the molecule is C[C@H](/N=C\C12CC3CC(CC(C3)C1)C2)c1ccccc1. The highest BCUT2D eigenvalue weighted by Gasteiger charge is 2.50. The van der Waals surface area contributed by atoms with Crippen molar-refractivity contribution in [2.45, 2.75) is 51.5 Å². The molecule has 1 nitrogen and oxygen atoms in total. The second-order valence-corrected chi connectivity index (χ2v) is 7.64. The van der Waals surface area contributed by atoms with Gasteiger partial charge < -0.3 is 0 Å². The van der Waals surface area contributed by atoms with E-state index in [2.05, 4.69) is 43.5 Å². The summed E-state index contributed by atoms with van der Waals surface area (Å²) < 4.78 is 0. The highest BCUT2D eigenvalue weighted by Crippen LogP contribution is 2.59. The monoisotopic (exact) mass is 267 g/mol. The van der Waals surface area contributed by atoms with Crippen molar-refractivity contribution in [2.24, 2.45) is 28.2 Å². The lowest BCUT2D eigenvalue weighted by atomic mass is 9.50. The lowest BCUT2D eigenvalue weighted by molar-refractivity contribution is -0.00978. The van der Waals surface area contributed by atoms with Gasteiger partial charge in [0.1, 0.15) is 0 Å². The van der Waals surface area contributed by atoms with Crippen LogP contribution in [0, 0.1) is 23.2 Å². The zero-order valence-electron chi connectivity index (χ0n) is 12.5. The standard InChI is InChI=1S/C19H25N/c1-14(18-5-3-2-4-6-18)20-13-19-10-15-7-16(11-19)9-17(8-15)12-19/h2-6,13-17H,7-12H2,1H3/b20-13-/t14-,15?,16?,17?,19?/m0/s1. The number of rotatable bonds is 3. The van der Waals surface area contributed by atoms with E-state index in [1.54, 1.807) is 0 Å². The van der Waals surface area contributed by atoms with Crippen LogP contribution >= 0.6 is 0 Å². The van der Waals surface area contributed by atoms with Gasteiger partial charge in [0.15, 0.2) is 0 Å². The van der Waals surface area contributed by atoms with Gasteiger partial charge in [-0.25, -0.2) is 0 Å². The van der Waals surface area contributed by atoms with Gasteiger partial charge in [0.2, 0.25) is 0 Å². The molecule has 4 saturated carbocycles. The molecule has 4 aliphatic carbocycles. The maximum atomic E-state index is 4.96. The van der Waals surface area contributed by atoms with E-state index in [0.717, 1.165) is 17.8 Å². The van der Waals surface area contributed by atoms with E-state index >= 15 is 0 Å². The van der Waals surface area contributed by atoms with Gasteiger partial charge >= 0.3 is 0 Å². The Morgan fingerprint density at radius 1 is 1.00 bits per heavy atom. The summed E-state index contributed by atoms with van der Waals surface area (Å²) in [5, 5.41) is 0. The number of hydrogen-bond acceptors (Lipinski definition) is 1. The summed E-state index contributed by atoms with van der Waals surface area (Å²) in [7, 11) is 0. The minimum absolute atomic E-state index is 0.309. The lowest BCUT2D eigenvalue weighted by Crippen LogP contribution is -2.46. The summed E-state index contributed by atoms with van der Waals surface area (Å²) in [5.41, 5.74) is 1.81. The van der Waals surface area contributed by atoms with Gasteiger partial charge in [0, 0.05) is 11.6 Å². The molecule has 0 spiro atoms. The molecule has 0 aliphatic heterocycles. The predicted octanol–water partition coefficient (Wildman–Crippen LogP) is 5.03. The van der Waals surface area contributed by atoms with Crippen LogP contribution in [0.15, 0.2) is 35.3 Å². The van der Waals surface area contributed by atoms with E-state index in [4.69, 9.17) is 4.99 Å². The molecule has 4 aliphatic rings. The average Bonchev–Trinajstić information content (AvgIpc) is 2.44. The molecule has 0 aromatic heterocycles. The third-order valence-electron chi connectivity index (χ3n) is 5.94. The lowest BCUT2D eigenvalue weighted by Gasteiger charge is -2.55. The summed E-state index contributed by atoms with van der Waals surface area (Å²) in [4.78, 5) is 4.96. The molecule has 4 fully saturated rings. The van der Waals surface area contributed by atoms with Crippen molar-refractivity contribution in [1.29, 1.82) is 0 Å². The summed E-state index contributed by atoms with van der Waals surface area (Å²) in [5.74, 6) is 3.04. The molecule has 4 bridgehead atoms. The van der Waals surface area contributed by atoms with E-state index in [0.29, 0.717) is 11.5 Å². The maximum Gasteiger partial charge on any atom is 0.0717 e. The van der Waals surface area contributed by atoms with Crippen LogP contribution in [-0.2, 0) is 0 Å². The fraction of sp³-hybridized carbons (Fsp3) is 0.632. The second-order valence-electron chi connectivity index (χ2n) is 7.64. The largest absolute Gasteiger partial charge is 0.289 e. The first-order valence-corrected chi connectivity index (χ1v) is 8.32. The molecule has 0 radical (unpaired) electrons. The summed E-state index contributed by atoms with van der Waals surface area (Å²) in [6.45, 7) is 2.23. The Balaban J connectivity index is 1.52. The smallest absolute Gasteiger partial charge is 0.0717 e. The van der Waals surface area contributed by atoms with E-state index in [-0.39, 0.29) is 0 Å². The number of nitrogens with zero attached hydrogens (tertiary/aromatic N) is 1. The number of hydrogen-bond donors (Lipinski definition) is 0. The van der Waals surface area contributed by atoms with Gasteiger partial charge in [-0.05, 0) is 68.8 Å². The van der Waals surface area contributed by atoms with Crippen LogP contribution in [0.3, 0.4) is 0 Å². The maximum absolute atomic E-state index is 4.96. The molecule has 20 heavy (non-hydrogen) atoms. The minimum Gasteiger partial charge on any atom is -0.289 e. The van der Waals surface area contributed by atoms with Crippen LogP contribution in [0.5, 0.6) is 0 Å². The Morgan fingerprint density at radius 2 is 1.55 bits per heavy atom. The Bertz CT molecular complexity index is 466. The normalized spacial score (nSPS) is 40.4. The average molecular weight is 267 g/mol. The van der Waals surface area contributed by atoms with E-state index in [1.165, 1.54) is 44.1 Å². The van der Waals surface area contributed by atoms with Gasteiger partial charge in [0.05, 0.1) is 6.04 Å². The minimum atomic E-state index is 0.309. The van der Waals surface area contributed by atoms with Crippen LogP contribution in [-0.4, -0.2) is 6.21 Å². The highest BCUT2D eigenvalue weighted by molar-refractivity contribution is 5.67. The van der Waals surface area contributed by atoms with E-state index in [9.17, 15) is 0 Å². The van der Waals surface area contributed by atoms with Crippen molar-refractivity contribution in [3.05, 3.63) is 35.9 Å². The molecular weight excluding hydrogens is 242 g/mol. The van der Waals surface area contributed by atoms with Crippen LogP contribution in [0.25, 0.3) is 0 Å². The molecular formula is C19H25N. The first kappa shape index (κ1) is 12.6. The first-order valence-electron chi connectivity index (χ1n) is 8.32. The fourth-order valence-corrected chi connectivity index (χ4v) is 5.42. The molecule has 1 aromatic carbocycles. The van der Waals surface area contributed by atoms with Crippen LogP contribution < -0.4 is 0 Å². The van der Waals surface area contributed by atoms with Crippen molar-refractivity contribution in [2.75, 3.05) is 0 Å². The molecule has 0 amide bonds. The fourth-order valence-electron chi connectivity index (χ4n) is 5.42. The predicted molar refractivity (Wildman–Crippen MR) is 84.0 cm³/mol. The molecule has 106 valence electrons. The van der Waals surface area contributed by atoms with Gasteiger partial charge in [-0.3, -0.25) is 4.99 Å². The van der Waals surface area contributed by atoms with E-state index < -0.39 is 0 Å².